The quantitative estimate of drug-likeness (QED) is 0.634. The Balaban J connectivity index is 1.53. The minimum Gasteiger partial charge on any atom is -0.368 e. The number of thioether (sulfide) groups is 1. The van der Waals surface area contributed by atoms with Crippen LogP contribution in [-0.4, -0.2) is 40.7 Å². The van der Waals surface area contributed by atoms with Gasteiger partial charge in [-0.25, -0.2) is 0 Å². The average Bonchev–Trinajstić information content (AvgIpc) is 2.67. The molecule has 0 bridgehead atoms. The lowest BCUT2D eigenvalue weighted by atomic mass is 10.0. The molecule has 0 saturated carbocycles. The first-order valence-electron chi connectivity index (χ1n) is 8.96. The highest BCUT2D eigenvalue weighted by molar-refractivity contribution is 7.99. The van der Waals surface area contributed by atoms with Crippen molar-refractivity contribution in [3.05, 3.63) is 53.9 Å². The Morgan fingerprint density at radius 2 is 1.89 bits per heavy atom. The maximum absolute atomic E-state index is 12.3. The number of amides is 1. The molecule has 0 saturated heterocycles. The number of nitrogen functional groups attached to an aromatic ring is 1. The molecule has 0 unspecified atom stereocenters. The topological polar surface area (TPSA) is 97.0 Å². The molecule has 146 valence electrons. The van der Waals surface area contributed by atoms with Crippen LogP contribution in [0, 0.1) is 0 Å². The van der Waals surface area contributed by atoms with Crippen molar-refractivity contribution in [3.8, 4) is 0 Å². The van der Waals surface area contributed by atoms with Crippen LogP contribution in [0.2, 0.25) is 0 Å². The predicted octanol–water partition coefficient (Wildman–Crippen LogP) is 2.78. The molecule has 0 aliphatic heterocycles. The van der Waals surface area contributed by atoms with Crippen LogP contribution in [0.25, 0.3) is 10.8 Å². The standard InChI is InChI=1S/C20H24N6OS/c1-13(15-9-8-14-6-4-5-7-16(14)10-15)22-18(27)12-28-11-17-23-19(21)25-20(24-17)26(2)3/h4-10,13H,11-12H2,1-3H3,(H,22,27)(H2,21,23,24,25)/t13-/m1/s1. The van der Waals surface area contributed by atoms with Crippen LogP contribution >= 0.6 is 11.8 Å². The third-order valence-corrected chi connectivity index (χ3v) is 5.13. The van der Waals surface area contributed by atoms with E-state index in [2.05, 4.69) is 50.6 Å². The Morgan fingerprint density at radius 3 is 2.64 bits per heavy atom. The van der Waals surface area contributed by atoms with Crippen molar-refractivity contribution in [3.63, 3.8) is 0 Å². The van der Waals surface area contributed by atoms with Crippen molar-refractivity contribution in [2.45, 2.75) is 18.7 Å². The fraction of sp³-hybridized carbons (Fsp3) is 0.300. The van der Waals surface area contributed by atoms with E-state index in [4.69, 9.17) is 5.73 Å². The summed E-state index contributed by atoms with van der Waals surface area (Å²) in [6.07, 6.45) is 0. The van der Waals surface area contributed by atoms with E-state index in [1.807, 2.05) is 33.2 Å². The highest BCUT2D eigenvalue weighted by Crippen LogP contribution is 2.20. The highest BCUT2D eigenvalue weighted by atomic mass is 32.2. The lowest BCUT2D eigenvalue weighted by molar-refractivity contribution is -0.119. The predicted molar refractivity (Wildman–Crippen MR) is 115 cm³/mol. The zero-order chi connectivity index (χ0) is 20.1. The molecule has 0 spiro atoms. The van der Waals surface area contributed by atoms with Gasteiger partial charge >= 0.3 is 0 Å². The summed E-state index contributed by atoms with van der Waals surface area (Å²) >= 11 is 1.44. The van der Waals surface area contributed by atoms with E-state index in [1.165, 1.54) is 22.5 Å². The van der Waals surface area contributed by atoms with Gasteiger partial charge < -0.3 is 16.0 Å². The Hall–Kier alpha value is -2.87. The molecule has 0 radical (unpaired) electrons. The summed E-state index contributed by atoms with van der Waals surface area (Å²) in [7, 11) is 3.68. The second-order valence-corrected chi connectivity index (χ2v) is 7.68. The molecule has 2 aromatic carbocycles. The first kappa shape index (κ1) is 19.9. The molecule has 7 nitrogen and oxygen atoms in total. The summed E-state index contributed by atoms with van der Waals surface area (Å²) < 4.78 is 0. The van der Waals surface area contributed by atoms with E-state index in [0.29, 0.717) is 23.3 Å². The normalized spacial score (nSPS) is 12.0. The van der Waals surface area contributed by atoms with Gasteiger partial charge in [0.1, 0.15) is 5.82 Å². The number of rotatable bonds is 7. The Labute approximate surface area is 168 Å². The van der Waals surface area contributed by atoms with E-state index in [0.717, 1.165) is 5.56 Å². The molecule has 1 amide bonds. The van der Waals surface area contributed by atoms with E-state index in [9.17, 15) is 4.79 Å². The number of hydrogen-bond donors (Lipinski definition) is 2. The van der Waals surface area contributed by atoms with Crippen LogP contribution in [0.15, 0.2) is 42.5 Å². The minimum absolute atomic E-state index is 0.0273. The molecule has 3 N–H and O–H groups in total. The van der Waals surface area contributed by atoms with Gasteiger partial charge in [-0.2, -0.15) is 15.0 Å². The van der Waals surface area contributed by atoms with Gasteiger partial charge in [-0.05, 0) is 29.3 Å². The number of nitrogens with two attached hydrogens (primary N) is 1. The largest absolute Gasteiger partial charge is 0.368 e. The zero-order valence-electron chi connectivity index (χ0n) is 16.2. The van der Waals surface area contributed by atoms with Gasteiger partial charge in [0.05, 0.1) is 17.5 Å². The van der Waals surface area contributed by atoms with Gasteiger partial charge in [0.25, 0.3) is 0 Å². The number of benzene rings is 2. The number of fused-ring (bicyclic) bond motifs is 1. The minimum atomic E-state index is -0.0640. The molecule has 28 heavy (non-hydrogen) atoms. The van der Waals surface area contributed by atoms with Crippen LogP contribution in [0.5, 0.6) is 0 Å². The number of hydrogen-bond acceptors (Lipinski definition) is 7. The fourth-order valence-electron chi connectivity index (χ4n) is 2.77. The first-order valence-corrected chi connectivity index (χ1v) is 10.1. The number of aromatic nitrogens is 3. The van der Waals surface area contributed by atoms with Crippen molar-refractivity contribution < 1.29 is 4.79 Å². The van der Waals surface area contributed by atoms with Crippen LogP contribution in [0.3, 0.4) is 0 Å². The smallest absolute Gasteiger partial charge is 0.230 e. The average molecular weight is 397 g/mol. The van der Waals surface area contributed by atoms with E-state index in [-0.39, 0.29) is 17.9 Å². The van der Waals surface area contributed by atoms with Gasteiger partial charge in [-0.3, -0.25) is 4.79 Å². The molecule has 0 aliphatic carbocycles. The lowest BCUT2D eigenvalue weighted by Gasteiger charge is -2.15. The molecule has 1 aromatic heterocycles. The molecule has 0 fully saturated rings. The maximum atomic E-state index is 12.3. The molecule has 1 atom stereocenters. The highest BCUT2D eigenvalue weighted by Gasteiger charge is 2.12. The van der Waals surface area contributed by atoms with Crippen LogP contribution in [0.1, 0.15) is 24.4 Å². The summed E-state index contributed by atoms with van der Waals surface area (Å²) in [5.41, 5.74) is 6.80. The molecule has 8 heteroatoms. The summed E-state index contributed by atoms with van der Waals surface area (Å²) in [4.78, 5) is 26.6. The van der Waals surface area contributed by atoms with Crippen molar-refractivity contribution in [1.82, 2.24) is 20.3 Å². The van der Waals surface area contributed by atoms with Gasteiger partial charge in [0.15, 0.2) is 0 Å². The number of anilines is 2. The van der Waals surface area contributed by atoms with E-state index >= 15 is 0 Å². The van der Waals surface area contributed by atoms with E-state index < -0.39 is 0 Å². The monoisotopic (exact) mass is 396 g/mol. The molecule has 3 rings (SSSR count). The third kappa shape index (κ3) is 5.10. The number of nitrogens with zero attached hydrogens (tertiary/aromatic N) is 4. The van der Waals surface area contributed by atoms with Crippen LogP contribution in [0.4, 0.5) is 11.9 Å². The lowest BCUT2D eigenvalue weighted by Crippen LogP contribution is -2.28. The molecule has 1 heterocycles. The van der Waals surface area contributed by atoms with E-state index in [1.54, 1.807) is 4.90 Å². The molecular weight excluding hydrogens is 372 g/mol. The van der Waals surface area contributed by atoms with Crippen molar-refractivity contribution in [1.29, 1.82) is 0 Å². The number of nitrogens with one attached hydrogen (secondary N) is 1. The maximum Gasteiger partial charge on any atom is 0.230 e. The fourth-order valence-corrected chi connectivity index (χ4v) is 3.45. The van der Waals surface area contributed by atoms with Gasteiger partial charge in [-0.1, -0.05) is 36.4 Å². The Morgan fingerprint density at radius 1 is 1.14 bits per heavy atom. The van der Waals surface area contributed by atoms with Crippen LogP contribution in [-0.2, 0) is 10.5 Å². The Bertz CT molecular complexity index is 978. The SMILES string of the molecule is C[C@@H](NC(=O)CSCc1nc(N)nc(N(C)C)n1)c1ccc2ccccc2c1. The van der Waals surface area contributed by atoms with Gasteiger partial charge in [0.2, 0.25) is 17.8 Å². The van der Waals surface area contributed by atoms with Crippen LogP contribution < -0.4 is 16.0 Å². The summed E-state index contributed by atoms with van der Waals surface area (Å²) in [5.74, 6) is 2.05. The van der Waals surface area contributed by atoms with Gasteiger partial charge in [0, 0.05) is 14.1 Å². The number of carbonyl (C=O) groups excluding carboxylic acids is 1. The third-order valence-electron chi connectivity index (χ3n) is 4.20. The molecule has 0 aliphatic rings. The van der Waals surface area contributed by atoms with Crippen molar-refractivity contribution >= 4 is 40.3 Å². The second kappa shape index (κ2) is 8.88. The van der Waals surface area contributed by atoms with Crippen molar-refractivity contribution in [2.24, 2.45) is 0 Å². The molecule has 3 aromatic rings. The summed E-state index contributed by atoms with van der Waals surface area (Å²) in [6.45, 7) is 1.99. The van der Waals surface area contributed by atoms with Crippen molar-refractivity contribution in [2.75, 3.05) is 30.5 Å². The second-order valence-electron chi connectivity index (χ2n) is 6.69. The zero-order valence-corrected chi connectivity index (χ0v) is 17.0. The summed E-state index contributed by atoms with van der Waals surface area (Å²) in [5, 5.41) is 5.40. The van der Waals surface area contributed by atoms with Gasteiger partial charge in [-0.15, -0.1) is 11.8 Å². The molecular formula is C20H24N6OS. The summed E-state index contributed by atoms with van der Waals surface area (Å²) in [6, 6.07) is 14.4. The first-order chi connectivity index (χ1) is 13.4. The number of carbonyl (C=O) groups is 1. The Kier molecular flexibility index (Phi) is 6.30.